The molecule has 41 heavy (non-hydrogen) atoms. The maximum absolute atomic E-state index is 13.0. The Bertz CT molecular complexity index is 1700. The number of ether oxygens (including phenoxy) is 2. The maximum Gasteiger partial charge on any atom is 0.344 e. The molecule has 0 bridgehead atoms. The lowest BCUT2D eigenvalue weighted by atomic mass is 10.1. The Hall–Kier alpha value is -4.49. The Morgan fingerprint density at radius 3 is 2.29 bits per heavy atom. The summed E-state index contributed by atoms with van der Waals surface area (Å²) in [6, 6.07) is 15.9. The van der Waals surface area contributed by atoms with E-state index in [0.29, 0.717) is 22.3 Å². The molecular weight excluding hydrogens is 568 g/mol. The van der Waals surface area contributed by atoms with Crippen LogP contribution in [0.15, 0.2) is 65.6 Å². The third kappa shape index (κ3) is 7.38. The average Bonchev–Trinajstić information content (AvgIpc) is 3.33. The molecule has 0 unspecified atom stereocenters. The summed E-state index contributed by atoms with van der Waals surface area (Å²) in [7, 11) is -2.45. The molecule has 4 rings (SSSR count). The Balaban J connectivity index is 1.26. The van der Waals surface area contributed by atoms with E-state index in [-0.39, 0.29) is 10.8 Å². The molecule has 11 nitrogen and oxygen atoms in total. The van der Waals surface area contributed by atoms with Crippen molar-refractivity contribution in [2.75, 3.05) is 35.2 Å². The van der Waals surface area contributed by atoms with Crippen LogP contribution in [0.3, 0.4) is 0 Å². The topological polar surface area (TPSA) is 144 Å². The van der Waals surface area contributed by atoms with Crippen molar-refractivity contribution in [3.05, 3.63) is 71.8 Å². The van der Waals surface area contributed by atoms with E-state index < -0.39 is 35.1 Å². The first-order valence-electron chi connectivity index (χ1n) is 12.3. The van der Waals surface area contributed by atoms with Gasteiger partial charge in [-0.2, -0.15) is 0 Å². The number of amides is 2. The van der Waals surface area contributed by atoms with E-state index >= 15 is 0 Å². The van der Waals surface area contributed by atoms with E-state index in [1.165, 1.54) is 73.8 Å². The van der Waals surface area contributed by atoms with Gasteiger partial charge in [0.2, 0.25) is 5.91 Å². The van der Waals surface area contributed by atoms with Crippen LogP contribution in [0.1, 0.15) is 18.1 Å². The predicted octanol–water partition coefficient (Wildman–Crippen LogP) is 4.26. The van der Waals surface area contributed by atoms with E-state index in [2.05, 4.69) is 15.6 Å². The van der Waals surface area contributed by atoms with Crippen molar-refractivity contribution in [3.63, 3.8) is 0 Å². The second-order valence-electron chi connectivity index (χ2n) is 9.12. The first kappa shape index (κ1) is 29.5. The monoisotopic (exact) mass is 596 g/mol. The van der Waals surface area contributed by atoms with Crippen molar-refractivity contribution in [1.29, 1.82) is 0 Å². The predicted molar refractivity (Wildman–Crippen MR) is 157 cm³/mol. The molecule has 0 fully saturated rings. The molecule has 0 atom stereocenters. The molecule has 2 N–H and O–H groups in total. The summed E-state index contributed by atoms with van der Waals surface area (Å²) in [5.74, 6) is -1.22. The van der Waals surface area contributed by atoms with Crippen LogP contribution in [0.5, 0.6) is 5.75 Å². The number of fused-ring (bicyclic) bond motifs is 1. The van der Waals surface area contributed by atoms with Gasteiger partial charge >= 0.3 is 5.97 Å². The number of hydrogen-bond donors (Lipinski definition) is 2. The highest BCUT2D eigenvalue weighted by Crippen LogP contribution is 2.29. The zero-order chi connectivity index (χ0) is 29.7. The number of carbonyl (C=O) groups excluding carboxylic acids is 3. The van der Waals surface area contributed by atoms with Gasteiger partial charge in [0.05, 0.1) is 20.8 Å². The van der Waals surface area contributed by atoms with Crippen LogP contribution in [0.25, 0.3) is 10.2 Å². The van der Waals surface area contributed by atoms with Gasteiger partial charge in [-0.05, 0) is 79.6 Å². The molecule has 2 amide bonds. The minimum atomic E-state index is -3.86. The van der Waals surface area contributed by atoms with Gasteiger partial charge in [-0.25, -0.2) is 18.2 Å². The number of carbonyl (C=O) groups is 3. The van der Waals surface area contributed by atoms with Crippen LogP contribution in [0, 0.1) is 13.8 Å². The third-order valence-electron chi connectivity index (χ3n) is 5.83. The molecule has 1 heterocycles. The molecule has 1 aromatic heterocycles. The molecule has 0 aliphatic carbocycles. The number of hydrogen-bond acceptors (Lipinski definition) is 9. The summed E-state index contributed by atoms with van der Waals surface area (Å²) in [5.41, 5.74) is 3.77. The summed E-state index contributed by atoms with van der Waals surface area (Å²) in [6.45, 7) is 4.36. The number of rotatable bonds is 10. The zero-order valence-corrected chi connectivity index (χ0v) is 24.4. The van der Waals surface area contributed by atoms with Gasteiger partial charge in [-0.1, -0.05) is 17.4 Å². The number of anilines is 3. The second kappa shape index (κ2) is 12.4. The Morgan fingerprint density at radius 2 is 1.63 bits per heavy atom. The Morgan fingerprint density at radius 1 is 0.951 bits per heavy atom. The van der Waals surface area contributed by atoms with E-state index in [0.717, 1.165) is 25.6 Å². The molecule has 13 heteroatoms. The van der Waals surface area contributed by atoms with Crippen LogP contribution in [-0.2, 0) is 29.1 Å². The number of sulfonamides is 1. The zero-order valence-electron chi connectivity index (χ0n) is 22.8. The Kier molecular flexibility index (Phi) is 8.89. The number of aromatic nitrogens is 1. The number of nitrogens with one attached hydrogen (secondary N) is 2. The molecule has 214 valence electrons. The fraction of sp³-hybridized carbons (Fsp3) is 0.214. The van der Waals surface area contributed by atoms with Crippen LogP contribution < -0.4 is 19.7 Å². The standard InChI is InChI=1S/C28H28N4O7S2/c1-17-13-18(2)27-24(14-17)40-28(31-27)30-25(34)15-39-26(35)16-38-22-9-7-21(8-10-22)32(4)41(36,37)23-11-5-20(6-12-23)29-19(3)33/h5-14H,15-16H2,1-4H3,(H,29,33)(H,30,31,34). The Labute approximate surface area is 241 Å². The molecule has 3 aromatic carbocycles. The quantitative estimate of drug-likeness (QED) is 0.259. The van der Waals surface area contributed by atoms with Gasteiger partial charge in [0.15, 0.2) is 18.3 Å². The molecule has 0 spiro atoms. The van der Waals surface area contributed by atoms with Crippen LogP contribution in [0.4, 0.5) is 16.5 Å². The van der Waals surface area contributed by atoms with Crippen LogP contribution >= 0.6 is 11.3 Å². The fourth-order valence-corrected chi connectivity index (χ4v) is 6.13. The van der Waals surface area contributed by atoms with E-state index in [9.17, 15) is 22.8 Å². The molecule has 0 radical (unpaired) electrons. The fourth-order valence-electron chi connectivity index (χ4n) is 3.87. The first-order chi connectivity index (χ1) is 19.4. The number of nitrogens with zero attached hydrogens (tertiary/aromatic N) is 2. The van der Waals surface area contributed by atoms with Gasteiger partial charge in [0, 0.05) is 19.7 Å². The van der Waals surface area contributed by atoms with Crippen molar-refractivity contribution >= 4 is 65.9 Å². The highest BCUT2D eigenvalue weighted by atomic mass is 32.2. The van der Waals surface area contributed by atoms with Crippen LogP contribution in [-0.4, -0.2) is 51.4 Å². The molecular formula is C28H28N4O7S2. The molecule has 0 aliphatic heterocycles. The maximum atomic E-state index is 13.0. The summed E-state index contributed by atoms with van der Waals surface area (Å²) in [4.78, 5) is 40.0. The number of benzene rings is 3. The van der Waals surface area contributed by atoms with Crippen LogP contribution in [0.2, 0.25) is 0 Å². The normalized spacial score (nSPS) is 11.1. The SMILES string of the molecule is CC(=O)Nc1ccc(S(=O)(=O)N(C)c2ccc(OCC(=O)OCC(=O)Nc3nc4c(C)cc(C)cc4s3)cc2)cc1. The minimum absolute atomic E-state index is 0.0505. The van der Waals surface area contributed by atoms with Gasteiger partial charge in [-0.3, -0.25) is 19.2 Å². The van der Waals surface area contributed by atoms with Crippen molar-refractivity contribution in [1.82, 2.24) is 4.98 Å². The highest BCUT2D eigenvalue weighted by molar-refractivity contribution is 7.92. The largest absolute Gasteiger partial charge is 0.482 e. The van der Waals surface area contributed by atoms with Crippen molar-refractivity contribution in [2.24, 2.45) is 0 Å². The molecule has 0 aliphatic rings. The molecule has 0 saturated carbocycles. The lowest BCUT2D eigenvalue weighted by Crippen LogP contribution is -2.26. The lowest BCUT2D eigenvalue weighted by Gasteiger charge is -2.20. The van der Waals surface area contributed by atoms with E-state index in [4.69, 9.17) is 9.47 Å². The van der Waals surface area contributed by atoms with Gasteiger partial charge in [0.25, 0.3) is 15.9 Å². The highest BCUT2D eigenvalue weighted by Gasteiger charge is 2.21. The van der Waals surface area contributed by atoms with Gasteiger partial charge in [0.1, 0.15) is 5.75 Å². The van der Waals surface area contributed by atoms with E-state index in [1.807, 2.05) is 26.0 Å². The smallest absolute Gasteiger partial charge is 0.344 e. The van der Waals surface area contributed by atoms with Crippen molar-refractivity contribution < 1.29 is 32.3 Å². The summed E-state index contributed by atoms with van der Waals surface area (Å²) in [6.07, 6.45) is 0. The summed E-state index contributed by atoms with van der Waals surface area (Å²) in [5, 5.41) is 5.64. The number of aryl methyl sites for hydroxylation is 2. The minimum Gasteiger partial charge on any atom is -0.482 e. The summed E-state index contributed by atoms with van der Waals surface area (Å²) >= 11 is 1.34. The second-order valence-corrected chi connectivity index (χ2v) is 12.1. The van der Waals surface area contributed by atoms with Gasteiger partial charge in [-0.15, -0.1) is 0 Å². The number of esters is 1. The van der Waals surface area contributed by atoms with Gasteiger partial charge < -0.3 is 14.8 Å². The van der Waals surface area contributed by atoms with Crippen molar-refractivity contribution in [2.45, 2.75) is 25.7 Å². The third-order valence-corrected chi connectivity index (χ3v) is 8.55. The molecule has 0 saturated heterocycles. The van der Waals surface area contributed by atoms with E-state index in [1.54, 1.807) is 0 Å². The molecule has 4 aromatic rings. The lowest BCUT2D eigenvalue weighted by molar-refractivity contribution is -0.149. The average molecular weight is 597 g/mol. The summed E-state index contributed by atoms with van der Waals surface area (Å²) < 4.78 is 38.4. The van der Waals surface area contributed by atoms with Crippen molar-refractivity contribution in [3.8, 4) is 5.75 Å². The number of thiazole rings is 1. The first-order valence-corrected chi connectivity index (χ1v) is 14.6.